The molecule has 4 atom stereocenters. The number of aliphatic hydroxyl groups is 2. The van der Waals surface area contributed by atoms with Gasteiger partial charge in [0.15, 0.2) is 0 Å². The lowest BCUT2D eigenvalue weighted by atomic mass is 9.88. The molecule has 1 heterocycles. The van der Waals surface area contributed by atoms with Crippen LogP contribution in [0.2, 0.25) is 0 Å². The van der Waals surface area contributed by atoms with Crippen molar-refractivity contribution in [1.29, 1.82) is 0 Å². The first-order chi connectivity index (χ1) is 16.5. The smallest absolute Gasteiger partial charge is 0.339 e. The molecular formula is C29H52N2O4. The van der Waals surface area contributed by atoms with E-state index in [0.29, 0.717) is 31.0 Å². The molecule has 202 valence electrons. The van der Waals surface area contributed by atoms with Crippen LogP contribution in [0.3, 0.4) is 0 Å². The van der Waals surface area contributed by atoms with Crippen molar-refractivity contribution < 1.29 is 19.7 Å². The van der Waals surface area contributed by atoms with Crippen LogP contribution in [0.25, 0.3) is 0 Å². The molecule has 0 saturated carbocycles. The van der Waals surface area contributed by atoms with Crippen molar-refractivity contribution in [2.45, 2.75) is 104 Å². The Bertz CT molecular complexity index is 681. The van der Waals surface area contributed by atoms with Crippen molar-refractivity contribution in [2.75, 3.05) is 26.7 Å². The zero-order valence-corrected chi connectivity index (χ0v) is 23.2. The molecule has 0 aromatic carbocycles. The highest BCUT2D eigenvalue weighted by molar-refractivity contribution is 5.88. The van der Waals surface area contributed by atoms with Gasteiger partial charge in [-0.2, -0.15) is 0 Å². The molecule has 0 bridgehead atoms. The topological polar surface area (TPSA) is 82.9 Å². The highest BCUT2D eigenvalue weighted by Crippen LogP contribution is 2.24. The number of nitrogens with zero attached hydrogens (tertiary/aromatic N) is 2. The van der Waals surface area contributed by atoms with E-state index >= 15 is 0 Å². The highest BCUT2D eigenvalue weighted by atomic mass is 16.5. The predicted octanol–water partition coefficient (Wildman–Crippen LogP) is 5.72. The molecule has 4 unspecified atom stereocenters. The first-order valence-electron chi connectivity index (χ1n) is 13.7. The fourth-order valence-corrected chi connectivity index (χ4v) is 4.40. The molecule has 0 spiro atoms. The van der Waals surface area contributed by atoms with Gasteiger partial charge >= 0.3 is 5.97 Å². The standard InChI is InChI=1S/C29H52N2O4/c1-23(2)11-7-12-24(3)13-8-14-25(4)15-9-17-29(5,34)27(32)22-31(6)19-20-35-28(33)26-16-10-18-30-21-26/h10,16,18,21,23-25,27,32,34H,7-9,11-15,17,19-20,22H2,1-6H3. The average molecular weight is 493 g/mol. The summed E-state index contributed by atoms with van der Waals surface area (Å²) in [5.41, 5.74) is -0.714. The molecule has 6 heteroatoms. The third-order valence-electron chi connectivity index (χ3n) is 7.06. The summed E-state index contributed by atoms with van der Waals surface area (Å²) in [6.45, 7) is 12.0. The number of esters is 1. The SMILES string of the molecule is CC(C)CCCC(C)CCCC(C)CCCC(C)(O)C(O)CN(C)CCOC(=O)c1cccnc1. The third-order valence-corrected chi connectivity index (χ3v) is 7.06. The van der Waals surface area contributed by atoms with E-state index in [9.17, 15) is 15.0 Å². The van der Waals surface area contributed by atoms with Gasteiger partial charge in [-0.25, -0.2) is 4.79 Å². The Kier molecular flexibility index (Phi) is 15.4. The molecule has 35 heavy (non-hydrogen) atoms. The summed E-state index contributed by atoms with van der Waals surface area (Å²) in [7, 11) is 1.85. The Morgan fingerprint density at radius 3 is 2.23 bits per heavy atom. The molecule has 1 aromatic heterocycles. The second kappa shape index (κ2) is 17.0. The van der Waals surface area contributed by atoms with E-state index < -0.39 is 17.7 Å². The Hall–Kier alpha value is -1.50. The van der Waals surface area contributed by atoms with Crippen molar-refractivity contribution in [1.82, 2.24) is 9.88 Å². The molecule has 0 radical (unpaired) electrons. The molecule has 0 aliphatic heterocycles. The van der Waals surface area contributed by atoms with E-state index in [4.69, 9.17) is 4.74 Å². The maximum Gasteiger partial charge on any atom is 0.339 e. The lowest BCUT2D eigenvalue weighted by Crippen LogP contribution is -2.46. The normalized spacial score (nSPS) is 16.2. The van der Waals surface area contributed by atoms with Crippen LogP contribution in [0, 0.1) is 17.8 Å². The largest absolute Gasteiger partial charge is 0.461 e. The summed E-state index contributed by atoms with van der Waals surface area (Å²) in [4.78, 5) is 17.8. The van der Waals surface area contributed by atoms with E-state index in [0.717, 1.165) is 24.7 Å². The molecular weight excluding hydrogens is 440 g/mol. The van der Waals surface area contributed by atoms with E-state index in [1.54, 1.807) is 25.3 Å². The van der Waals surface area contributed by atoms with E-state index in [2.05, 4.69) is 32.7 Å². The zero-order valence-electron chi connectivity index (χ0n) is 23.2. The molecule has 0 aliphatic carbocycles. The average Bonchev–Trinajstić information content (AvgIpc) is 2.79. The van der Waals surface area contributed by atoms with Crippen LogP contribution in [-0.2, 0) is 4.74 Å². The van der Waals surface area contributed by atoms with Gasteiger partial charge in [-0.15, -0.1) is 0 Å². The minimum absolute atomic E-state index is 0.215. The van der Waals surface area contributed by atoms with Gasteiger partial charge in [0.1, 0.15) is 6.61 Å². The van der Waals surface area contributed by atoms with Gasteiger partial charge < -0.3 is 19.8 Å². The summed E-state index contributed by atoms with van der Waals surface area (Å²) < 4.78 is 5.27. The zero-order chi connectivity index (χ0) is 26.3. The summed E-state index contributed by atoms with van der Waals surface area (Å²) in [5, 5.41) is 21.4. The van der Waals surface area contributed by atoms with Gasteiger partial charge in [0.2, 0.25) is 0 Å². The van der Waals surface area contributed by atoms with Gasteiger partial charge in [-0.05, 0) is 50.3 Å². The number of rotatable bonds is 19. The van der Waals surface area contributed by atoms with Crippen molar-refractivity contribution in [3.63, 3.8) is 0 Å². The summed E-state index contributed by atoms with van der Waals surface area (Å²) in [6, 6.07) is 3.36. The van der Waals surface area contributed by atoms with E-state index in [-0.39, 0.29) is 6.61 Å². The predicted molar refractivity (Wildman–Crippen MR) is 143 cm³/mol. The van der Waals surface area contributed by atoms with Crippen LogP contribution in [0.1, 0.15) is 103 Å². The Labute approximate surface area is 214 Å². The maximum atomic E-state index is 12.0. The van der Waals surface area contributed by atoms with Crippen LogP contribution >= 0.6 is 0 Å². The first kappa shape index (κ1) is 31.5. The summed E-state index contributed by atoms with van der Waals surface area (Å²) >= 11 is 0. The number of hydrogen-bond donors (Lipinski definition) is 2. The van der Waals surface area contributed by atoms with Crippen molar-refractivity contribution in [3.8, 4) is 0 Å². The summed E-state index contributed by atoms with van der Waals surface area (Å²) in [5.74, 6) is 1.85. The van der Waals surface area contributed by atoms with Crippen molar-refractivity contribution >= 4 is 5.97 Å². The quantitative estimate of drug-likeness (QED) is 0.240. The third kappa shape index (κ3) is 14.6. The number of carbonyl (C=O) groups is 1. The van der Waals surface area contributed by atoms with Gasteiger partial charge in [-0.1, -0.05) is 79.1 Å². The van der Waals surface area contributed by atoms with Gasteiger partial charge in [-0.3, -0.25) is 4.98 Å². The molecule has 0 amide bonds. The van der Waals surface area contributed by atoms with Crippen LogP contribution < -0.4 is 0 Å². The number of carbonyl (C=O) groups excluding carboxylic acids is 1. The molecule has 1 rings (SSSR count). The van der Waals surface area contributed by atoms with Crippen LogP contribution in [-0.4, -0.2) is 64.5 Å². The second-order valence-electron chi connectivity index (χ2n) is 11.4. The Balaban J connectivity index is 2.19. The van der Waals surface area contributed by atoms with E-state index in [1.165, 1.54) is 44.7 Å². The Morgan fingerprint density at radius 1 is 1.06 bits per heavy atom. The number of hydrogen-bond acceptors (Lipinski definition) is 6. The lowest BCUT2D eigenvalue weighted by molar-refractivity contribution is -0.0790. The van der Waals surface area contributed by atoms with Gasteiger partial charge in [0.05, 0.1) is 17.3 Å². The first-order valence-corrected chi connectivity index (χ1v) is 13.7. The molecule has 0 fully saturated rings. The number of pyridine rings is 1. The van der Waals surface area contributed by atoms with Crippen LogP contribution in [0.15, 0.2) is 24.5 Å². The van der Waals surface area contributed by atoms with E-state index in [1.807, 2.05) is 11.9 Å². The second-order valence-corrected chi connectivity index (χ2v) is 11.4. The number of ether oxygens (including phenoxy) is 1. The lowest BCUT2D eigenvalue weighted by Gasteiger charge is -2.32. The van der Waals surface area contributed by atoms with Crippen LogP contribution in [0.4, 0.5) is 0 Å². The highest BCUT2D eigenvalue weighted by Gasteiger charge is 2.30. The minimum atomic E-state index is -1.13. The van der Waals surface area contributed by atoms with Crippen molar-refractivity contribution in [3.05, 3.63) is 30.1 Å². The molecule has 0 aliphatic rings. The number of aromatic nitrogens is 1. The number of aliphatic hydroxyl groups excluding tert-OH is 1. The Morgan fingerprint density at radius 2 is 1.66 bits per heavy atom. The number of likely N-dealkylation sites (N-methyl/N-ethyl adjacent to an activating group) is 1. The van der Waals surface area contributed by atoms with Crippen molar-refractivity contribution in [2.24, 2.45) is 17.8 Å². The fourth-order valence-electron chi connectivity index (χ4n) is 4.40. The fraction of sp³-hybridized carbons (Fsp3) is 0.793. The maximum absolute atomic E-state index is 12.0. The molecule has 1 aromatic rings. The molecule has 2 N–H and O–H groups in total. The molecule has 6 nitrogen and oxygen atoms in total. The minimum Gasteiger partial charge on any atom is -0.461 e. The van der Waals surface area contributed by atoms with Gasteiger partial charge in [0.25, 0.3) is 0 Å². The van der Waals surface area contributed by atoms with Gasteiger partial charge in [0, 0.05) is 25.5 Å². The monoisotopic (exact) mass is 492 g/mol. The van der Waals surface area contributed by atoms with Crippen LogP contribution in [0.5, 0.6) is 0 Å². The molecule has 0 saturated heterocycles. The summed E-state index contributed by atoms with van der Waals surface area (Å²) in [6.07, 6.45) is 12.6.